The van der Waals surface area contributed by atoms with Gasteiger partial charge in [0.1, 0.15) is 4.90 Å². The molecular formula is C12H21N3O4S. The van der Waals surface area contributed by atoms with E-state index in [1.54, 1.807) is 6.92 Å². The van der Waals surface area contributed by atoms with Crippen LogP contribution in [0.15, 0.2) is 4.90 Å². The molecule has 1 aromatic heterocycles. The molecule has 1 aromatic rings. The van der Waals surface area contributed by atoms with E-state index in [1.807, 2.05) is 13.8 Å². The highest BCUT2D eigenvalue weighted by atomic mass is 32.2. The summed E-state index contributed by atoms with van der Waals surface area (Å²) >= 11 is 0. The summed E-state index contributed by atoms with van der Waals surface area (Å²) < 4.78 is 28.4. The zero-order valence-electron chi connectivity index (χ0n) is 12.0. The Bertz CT molecular complexity index is 565. The molecule has 3 N–H and O–H groups in total. The van der Waals surface area contributed by atoms with Gasteiger partial charge in [-0.3, -0.25) is 5.10 Å². The lowest BCUT2D eigenvalue weighted by atomic mass is 10.2. The molecule has 1 atom stereocenters. The van der Waals surface area contributed by atoms with Gasteiger partial charge in [0.2, 0.25) is 10.0 Å². The summed E-state index contributed by atoms with van der Waals surface area (Å²) in [6.07, 6.45) is 2.40. The monoisotopic (exact) mass is 303 g/mol. The smallest absolute Gasteiger partial charge is 0.360 e. The minimum atomic E-state index is -4.03. The molecule has 0 spiro atoms. The van der Waals surface area contributed by atoms with Crippen LogP contribution in [0.4, 0.5) is 0 Å². The van der Waals surface area contributed by atoms with E-state index in [1.165, 1.54) is 0 Å². The molecule has 1 unspecified atom stereocenters. The van der Waals surface area contributed by atoms with Crippen molar-refractivity contribution in [1.29, 1.82) is 0 Å². The van der Waals surface area contributed by atoms with E-state index in [4.69, 9.17) is 9.88 Å². The first-order valence-corrected chi connectivity index (χ1v) is 8.16. The first-order chi connectivity index (χ1) is 9.31. The van der Waals surface area contributed by atoms with Gasteiger partial charge < -0.3 is 4.74 Å². The van der Waals surface area contributed by atoms with Gasteiger partial charge in [-0.1, -0.05) is 26.7 Å². The number of hydrogen-bond donors (Lipinski definition) is 2. The molecule has 1 rings (SSSR count). The zero-order valence-corrected chi connectivity index (χ0v) is 12.8. The van der Waals surface area contributed by atoms with Crippen molar-refractivity contribution in [3.63, 3.8) is 0 Å². The van der Waals surface area contributed by atoms with Crippen LogP contribution in [0.3, 0.4) is 0 Å². The number of carbonyl (C=O) groups is 1. The summed E-state index contributed by atoms with van der Waals surface area (Å²) in [6, 6.07) is 0. The SMILES string of the molecule is CCCc1[nH]nc(C(=O)OC(C)CCC)c1S(N)(=O)=O. The number of aryl methyl sites for hydroxylation is 1. The summed E-state index contributed by atoms with van der Waals surface area (Å²) in [6.45, 7) is 5.60. The Morgan fingerprint density at radius 3 is 2.55 bits per heavy atom. The molecule has 0 aliphatic rings. The molecule has 20 heavy (non-hydrogen) atoms. The highest BCUT2D eigenvalue weighted by molar-refractivity contribution is 7.89. The molecule has 0 fully saturated rings. The van der Waals surface area contributed by atoms with Crippen LogP contribution < -0.4 is 5.14 Å². The van der Waals surface area contributed by atoms with Crippen LogP contribution in [-0.4, -0.2) is 30.7 Å². The topological polar surface area (TPSA) is 115 Å². The van der Waals surface area contributed by atoms with Gasteiger partial charge >= 0.3 is 5.97 Å². The molecule has 0 aliphatic carbocycles. The first-order valence-electron chi connectivity index (χ1n) is 6.62. The van der Waals surface area contributed by atoms with E-state index < -0.39 is 16.0 Å². The highest BCUT2D eigenvalue weighted by Crippen LogP contribution is 2.20. The number of primary sulfonamides is 1. The predicted molar refractivity (Wildman–Crippen MR) is 73.7 cm³/mol. The van der Waals surface area contributed by atoms with Crippen LogP contribution in [0.5, 0.6) is 0 Å². The number of nitrogens with one attached hydrogen (secondary N) is 1. The molecule has 8 heteroatoms. The molecule has 0 amide bonds. The highest BCUT2D eigenvalue weighted by Gasteiger charge is 2.28. The quantitative estimate of drug-likeness (QED) is 0.738. The lowest BCUT2D eigenvalue weighted by Crippen LogP contribution is -2.21. The van der Waals surface area contributed by atoms with Crippen molar-refractivity contribution < 1.29 is 17.9 Å². The second-order valence-corrected chi connectivity index (χ2v) is 6.18. The summed E-state index contributed by atoms with van der Waals surface area (Å²) in [5.74, 6) is -0.770. The number of rotatable bonds is 7. The molecule has 0 aromatic carbocycles. The largest absolute Gasteiger partial charge is 0.458 e. The number of hydrogen-bond acceptors (Lipinski definition) is 5. The Kier molecular flexibility index (Phi) is 5.70. The van der Waals surface area contributed by atoms with E-state index >= 15 is 0 Å². The maximum Gasteiger partial charge on any atom is 0.360 e. The number of ether oxygens (including phenoxy) is 1. The van der Waals surface area contributed by atoms with E-state index in [9.17, 15) is 13.2 Å². The number of aromatic amines is 1. The van der Waals surface area contributed by atoms with Gasteiger partial charge in [0.15, 0.2) is 5.69 Å². The molecule has 7 nitrogen and oxygen atoms in total. The Labute approximate surface area is 118 Å². The third-order valence-electron chi connectivity index (χ3n) is 2.77. The lowest BCUT2D eigenvalue weighted by molar-refractivity contribution is 0.0312. The van der Waals surface area contributed by atoms with Crippen molar-refractivity contribution in [3.8, 4) is 0 Å². The van der Waals surface area contributed by atoms with Crippen molar-refractivity contribution >= 4 is 16.0 Å². The van der Waals surface area contributed by atoms with Gasteiger partial charge in [-0.25, -0.2) is 18.4 Å². The summed E-state index contributed by atoms with van der Waals surface area (Å²) in [7, 11) is -4.03. The number of aromatic nitrogens is 2. The standard InChI is InChI=1S/C12H21N3O4S/c1-4-6-8(3)19-12(16)10-11(20(13,17)18)9(7-5-2)14-15-10/h8H,4-7H2,1-3H3,(H,14,15)(H2,13,17,18). The fourth-order valence-corrected chi connectivity index (χ4v) is 2.83. The second-order valence-electron chi connectivity index (χ2n) is 4.68. The van der Waals surface area contributed by atoms with Crippen molar-refractivity contribution in [1.82, 2.24) is 10.2 Å². The minimum absolute atomic E-state index is 0.256. The van der Waals surface area contributed by atoms with E-state index in [-0.39, 0.29) is 16.7 Å². The van der Waals surface area contributed by atoms with E-state index in [0.29, 0.717) is 25.0 Å². The third kappa shape index (κ3) is 4.04. The fourth-order valence-electron chi connectivity index (χ4n) is 1.94. The van der Waals surface area contributed by atoms with Crippen molar-refractivity contribution in [2.75, 3.05) is 0 Å². The molecule has 0 radical (unpaired) electrons. The van der Waals surface area contributed by atoms with E-state index in [2.05, 4.69) is 10.2 Å². The number of esters is 1. The predicted octanol–water partition coefficient (Wildman–Crippen LogP) is 1.35. The average molecular weight is 303 g/mol. The van der Waals surface area contributed by atoms with Crippen LogP contribution in [-0.2, 0) is 21.2 Å². The number of carbonyl (C=O) groups excluding carboxylic acids is 1. The minimum Gasteiger partial charge on any atom is -0.458 e. The van der Waals surface area contributed by atoms with Gasteiger partial charge in [0, 0.05) is 0 Å². The third-order valence-corrected chi connectivity index (χ3v) is 3.78. The van der Waals surface area contributed by atoms with Gasteiger partial charge in [-0.05, 0) is 19.8 Å². The van der Waals surface area contributed by atoms with Crippen LogP contribution in [0, 0.1) is 0 Å². The van der Waals surface area contributed by atoms with Gasteiger partial charge in [-0.2, -0.15) is 5.10 Å². The molecular weight excluding hydrogens is 282 g/mol. The van der Waals surface area contributed by atoms with Gasteiger partial charge in [0.05, 0.1) is 11.8 Å². The maximum absolute atomic E-state index is 12.0. The second kappa shape index (κ2) is 6.85. The van der Waals surface area contributed by atoms with Crippen LogP contribution in [0.1, 0.15) is 56.2 Å². The molecule has 0 bridgehead atoms. The van der Waals surface area contributed by atoms with Crippen LogP contribution in [0.25, 0.3) is 0 Å². The van der Waals surface area contributed by atoms with Crippen molar-refractivity contribution in [3.05, 3.63) is 11.4 Å². The number of nitrogens with two attached hydrogens (primary N) is 1. The van der Waals surface area contributed by atoms with Crippen molar-refractivity contribution in [2.45, 2.75) is 57.5 Å². The van der Waals surface area contributed by atoms with Crippen molar-refractivity contribution in [2.24, 2.45) is 5.14 Å². The lowest BCUT2D eigenvalue weighted by Gasteiger charge is -2.11. The summed E-state index contributed by atoms with van der Waals surface area (Å²) in [4.78, 5) is 11.7. The Morgan fingerprint density at radius 2 is 2.05 bits per heavy atom. The average Bonchev–Trinajstić information content (AvgIpc) is 2.73. The van der Waals surface area contributed by atoms with Crippen LogP contribution in [0.2, 0.25) is 0 Å². The van der Waals surface area contributed by atoms with Gasteiger partial charge in [-0.15, -0.1) is 0 Å². The number of H-pyrrole nitrogens is 1. The maximum atomic E-state index is 12.0. The molecule has 0 aliphatic heterocycles. The zero-order chi connectivity index (χ0) is 15.3. The fraction of sp³-hybridized carbons (Fsp3) is 0.667. The number of nitrogens with zero attached hydrogens (tertiary/aromatic N) is 1. The summed E-state index contributed by atoms with van der Waals surface area (Å²) in [5.41, 5.74) is 0.0731. The van der Waals surface area contributed by atoms with Crippen LogP contribution >= 0.6 is 0 Å². The summed E-state index contributed by atoms with van der Waals surface area (Å²) in [5, 5.41) is 11.5. The van der Waals surface area contributed by atoms with E-state index in [0.717, 1.165) is 6.42 Å². The molecule has 0 saturated carbocycles. The first kappa shape index (κ1) is 16.6. The Balaban J connectivity index is 3.09. The normalized spacial score (nSPS) is 13.2. The Morgan fingerprint density at radius 1 is 1.40 bits per heavy atom. The Hall–Kier alpha value is -1.41. The molecule has 114 valence electrons. The molecule has 1 heterocycles. The van der Waals surface area contributed by atoms with Gasteiger partial charge in [0.25, 0.3) is 0 Å². The number of sulfonamides is 1. The molecule has 0 saturated heterocycles.